The largest absolute Gasteiger partial charge is 0.396 e. The molecule has 1 fully saturated rings. The van der Waals surface area contributed by atoms with Gasteiger partial charge in [-0.25, -0.2) is 0 Å². The Morgan fingerprint density at radius 3 is 2.60 bits per heavy atom. The van der Waals surface area contributed by atoms with E-state index < -0.39 is 0 Å². The van der Waals surface area contributed by atoms with Crippen LogP contribution in [0.4, 0.5) is 0 Å². The second kappa shape index (κ2) is 7.20. The van der Waals surface area contributed by atoms with E-state index in [-0.39, 0.29) is 6.61 Å². The Hall–Kier alpha value is -0.120. The zero-order valence-electron chi connectivity index (χ0n) is 10.0. The van der Waals surface area contributed by atoms with Crippen molar-refractivity contribution in [3.05, 3.63) is 0 Å². The van der Waals surface area contributed by atoms with E-state index in [1.807, 2.05) is 0 Å². The summed E-state index contributed by atoms with van der Waals surface area (Å²) in [5.41, 5.74) is 0. The van der Waals surface area contributed by atoms with Crippen LogP contribution in [0.25, 0.3) is 0 Å². The van der Waals surface area contributed by atoms with Crippen LogP contribution in [0.2, 0.25) is 0 Å². The van der Waals surface area contributed by atoms with Crippen molar-refractivity contribution >= 4 is 0 Å². The molecule has 1 aliphatic carbocycles. The number of aliphatic hydroxyl groups excluding tert-OH is 1. The van der Waals surface area contributed by atoms with Crippen LogP contribution in [-0.2, 0) is 4.74 Å². The zero-order chi connectivity index (χ0) is 11.1. The van der Waals surface area contributed by atoms with Crippen molar-refractivity contribution in [1.82, 2.24) is 5.32 Å². The first kappa shape index (κ1) is 12.9. The summed E-state index contributed by atoms with van der Waals surface area (Å²) in [6, 6.07) is 0.856. The summed E-state index contributed by atoms with van der Waals surface area (Å²) in [5.74, 6) is 0.822. The van der Waals surface area contributed by atoms with E-state index >= 15 is 0 Å². The number of hydrogen-bond acceptors (Lipinski definition) is 3. The number of methoxy groups -OCH3 is 1. The Morgan fingerprint density at radius 2 is 2.07 bits per heavy atom. The maximum atomic E-state index is 8.95. The maximum absolute atomic E-state index is 8.95. The number of nitrogens with one attached hydrogen (secondary N) is 1. The molecule has 0 saturated heterocycles. The fraction of sp³-hybridized carbons (Fsp3) is 1.00. The molecule has 0 bridgehead atoms. The molecule has 0 aliphatic heterocycles. The Morgan fingerprint density at radius 1 is 1.40 bits per heavy atom. The third kappa shape index (κ3) is 4.49. The molecule has 1 saturated carbocycles. The van der Waals surface area contributed by atoms with Gasteiger partial charge in [0.2, 0.25) is 0 Å². The first-order valence-corrected chi connectivity index (χ1v) is 6.13. The molecule has 0 spiro atoms. The predicted molar refractivity (Wildman–Crippen MR) is 61.9 cm³/mol. The van der Waals surface area contributed by atoms with Gasteiger partial charge < -0.3 is 15.2 Å². The number of aliphatic hydroxyl groups is 1. The molecule has 15 heavy (non-hydrogen) atoms. The average Bonchev–Trinajstić information content (AvgIpc) is 2.71. The first-order valence-electron chi connectivity index (χ1n) is 6.13. The molecule has 0 heterocycles. The van der Waals surface area contributed by atoms with Gasteiger partial charge in [-0.3, -0.25) is 0 Å². The molecule has 0 amide bonds. The smallest absolute Gasteiger partial charge is 0.0616 e. The van der Waals surface area contributed by atoms with Crippen LogP contribution in [0.15, 0.2) is 0 Å². The molecule has 0 aromatic carbocycles. The van der Waals surface area contributed by atoms with Gasteiger partial charge in [0.05, 0.1) is 6.61 Å². The van der Waals surface area contributed by atoms with E-state index in [1.165, 1.54) is 25.7 Å². The fourth-order valence-corrected chi connectivity index (χ4v) is 2.54. The van der Waals surface area contributed by atoms with Crippen LogP contribution < -0.4 is 5.32 Å². The highest BCUT2D eigenvalue weighted by atomic mass is 16.5. The molecule has 2 atom stereocenters. The van der Waals surface area contributed by atoms with Gasteiger partial charge in [0.1, 0.15) is 0 Å². The predicted octanol–water partition coefficient (Wildman–Crippen LogP) is 1.55. The summed E-state index contributed by atoms with van der Waals surface area (Å²) in [7, 11) is 1.71. The van der Waals surface area contributed by atoms with Crippen LogP contribution in [0, 0.1) is 5.92 Å². The van der Waals surface area contributed by atoms with Crippen molar-refractivity contribution in [3.8, 4) is 0 Å². The first-order chi connectivity index (χ1) is 7.27. The lowest BCUT2D eigenvalue weighted by atomic mass is 9.98. The minimum absolute atomic E-state index is 0.235. The van der Waals surface area contributed by atoms with E-state index in [0.29, 0.717) is 18.7 Å². The van der Waals surface area contributed by atoms with Crippen LogP contribution in [0.3, 0.4) is 0 Å². The molecule has 3 nitrogen and oxygen atoms in total. The van der Waals surface area contributed by atoms with Crippen molar-refractivity contribution in [2.45, 2.75) is 51.1 Å². The van der Waals surface area contributed by atoms with E-state index in [2.05, 4.69) is 12.2 Å². The average molecular weight is 215 g/mol. The van der Waals surface area contributed by atoms with Crippen molar-refractivity contribution in [1.29, 1.82) is 0 Å². The lowest BCUT2D eigenvalue weighted by molar-refractivity contribution is 0.138. The van der Waals surface area contributed by atoms with Crippen molar-refractivity contribution in [2.24, 2.45) is 5.92 Å². The summed E-state index contributed by atoms with van der Waals surface area (Å²) in [6.45, 7) is 3.19. The second-order valence-electron chi connectivity index (χ2n) is 4.66. The van der Waals surface area contributed by atoms with E-state index in [0.717, 1.165) is 12.3 Å². The van der Waals surface area contributed by atoms with Gasteiger partial charge in [0.15, 0.2) is 0 Å². The molecule has 0 aromatic heterocycles. The topological polar surface area (TPSA) is 41.5 Å². The van der Waals surface area contributed by atoms with Crippen LogP contribution in [0.5, 0.6) is 0 Å². The van der Waals surface area contributed by atoms with E-state index in [9.17, 15) is 0 Å². The van der Waals surface area contributed by atoms with Gasteiger partial charge in [0, 0.05) is 25.8 Å². The third-order valence-electron chi connectivity index (χ3n) is 3.45. The van der Waals surface area contributed by atoms with Gasteiger partial charge in [-0.05, 0) is 32.1 Å². The summed E-state index contributed by atoms with van der Waals surface area (Å²) in [4.78, 5) is 0. The van der Waals surface area contributed by atoms with Crippen molar-refractivity contribution in [2.75, 3.05) is 20.3 Å². The number of ether oxygens (including phenoxy) is 1. The zero-order valence-corrected chi connectivity index (χ0v) is 10.0. The van der Waals surface area contributed by atoms with Crippen LogP contribution >= 0.6 is 0 Å². The summed E-state index contributed by atoms with van der Waals surface area (Å²) in [6.07, 6.45) is 6.25. The Kier molecular flexibility index (Phi) is 6.22. The van der Waals surface area contributed by atoms with Crippen molar-refractivity contribution in [3.63, 3.8) is 0 Å². The molecule has 3 heteroatoms. The summed E-state index contributed by atoms with van der Waals surface area (Å²) >= 11 is 0. The summed E-state index contributed by atoms with van der Waals surface area (Å²) < 4.78 is 5.15. The van der Waals surface area contributed by atoms with Gasteiger partial charge in [-0.1, -0.05) is 12.8 Å². The molecule has 1 rings (SSSR count). The SMILES string of the molecule is COCC(CCO)NC(C)C1CCCC1. The molecule has 90 valence electrons. The van der Waals surface area contributed by atoms with E-state index in [1.54, 1.807) is 7.11 Å². The van der Waals surface area contributed by atoms with Gasteiger partial charge in [-0.2, -0.15) is 0 Å². The molecule has 2 N–H and O–H groups in total. The third-order valence-corrected chi connectivity index (χ3v) is 3.45. The molecule has 0 aromatic rings. The molecule has 1 aliphatic rings. The quantitative estimate of drug-likeness (QED) is 0.677. The van der Waals surface area contributed by atoms with Crippen LogP contribution in [-0.4, -0.2) is 37.5 Å². The standard InChI is InChI=1S/C12H25NO2/c1-10(11-5-3-4-6-11)13-12(7-8-14)9-15-2/h10-14H,3-9H2,1-2H3. The van der Waals surface area contributed by atoms with Gasteiger partial charge in [0.25, 0.3) is 0 Å². The monoisotopic (exact) mass is 215 g/mol. The molecular weight excluding hydrogens is 190 g/mol. The molecular formula is C12H25NO2. The maximum Gasteiger partial charge on any atom is 0.0616 e. The fourth-order valence-electron chi connectivity index (χ4n) is 2.54. The minimum atomic E-state index is 0.235. The van der Waals surface area contributed by atoms with Crippen molar-refractivity contribution < 1.29 is 9.84 Å². The summed E-state index contributed by atoms with van der Waals surface area (Å²) in [5, 5.41) is 12.5. The Bertz CT molecular complexity index is 152. The number of hydrogen-bond donors (Lipinski definition) is 2. The highest BCUT2D eigenvalue weighted by molar-refractivity contribution is 4.80. The van der Waals surface area contributed by atoms with Crippen LogP contribution in [0.1, 0.15) is 39.0 Å². The molecule has 2 unspecified atom stereocenters. The Balaban J connectivity index is 2.28. The van der Waals surface area contributed by atoms with Gasteiger partial charge >= 0.3 is 0 Å². The minimum Gasteiger partial charge on any atom is -0.396 e. The van der Waals surface area contributed by atoms with Gasteiger partial charge in [-0.15, -0.1) is 0 Å². The number of rotatable bonds is 7. The lowest BCUT2D eigenvalue weighted by Gasteiger charge is -2.26. The molecule has 0 radical (unpaired) electrons. The second-order valence-corrected chi connectivity index (χ2v) is 4.66. The Labute approximate surface area is 93.2 Å². The normalized spacial score (nSPS) is 21.8. The highest BCUT2D eigenvalue weighted by Gasteiger charge is 2.23. The lowest BCUT2D eigenvalue weighted by Crippen LogP contribution is -2.43. The highest BCUT2D eigenvalue weighted by Crippen LogP contribution is 2.27. The van der Waals surface area contributed by atoms with E-state index in [4.69, 9.17) is 9.84 Å².